The highest BCUT2D eigenvalue weighted by Gasteiger charge is 2.28. The Kier molecular flexibility index (Phi) is 9.83. The molecule has 0 fully saturated rings. The molecule has 2 amide bonds. The van der Waals surface area contributed by atoms with Gasteiger partial charge in [0.1, 0.15) is 12.1 Å². The zero-order chi connectivity index (χ0) is 24.2. The summed E-state index contributed by atoms with van der Waals surface area (Å²) in [5.74, 6) is -2.49. The number of nitrogens with two attached hydrogens (primary N) is 3. The van der Waals surface area contributed by atoms with Crippen LogP contribution in [-0.4, -0.2) is 63.5 Å². The summed E-state index contributed by atoms with van der Waals surface area (Å²) in [6.45, 7) is 0.227. The van der Waals surface area contributed by atoms with E-state index >= 15 is 0 Å². The summed E-state index contributed by atoms with van der Waals surface area (Å²) < 4.78 is 0. The largest absolute Gasteiger partial charge is 0.480 e. The summed E-state index contributed by atoms with van der Waals surface area (Å²) in [7, 11) is 0. The molecule has 1 heterocycles. The van der Waals surface area contributed by atoms with Gasteiger partial charge < -0.3 is 37.9 Å². The Balaban J connectivity index is 2.04. The molecule has 178 valence electrons. The predicted octanol–water partition coefficient (Wildman–Crippen LogP) is -1.37. The maximum absolute atomic E-state index is 12.9. The van der Waals surface area contributed by atoms with Crippen LogP contribution in [0.25, 0.3) is 0 Å². The van der Waals surface area contributed by atoms with Crippen LogP contribution in [0.3, 0.4) is 0 Å². The minimum atomic E-state index is -1.21. The number of hydrogen-bond acceptors (Lipinski definition) is 6. The molecule has 0 bridgehead atoms. The normalized spacial score (nSPS) is 13.4. The lowest BCUT2D eigenvalue weighted by atomic mass is 10.0. The van der Waals surface area contributed by atoms with E-state index in [1.165, 1.54) is 12.5 Å². The lowest BCUT2D eigenvalue weighted by Crippen LogP contribution is -2.55. The summed E-state index contributed by atoms with van der Waals surface area (Å²) >= 11 is 0. The lowest BCUT2D eigenvalue weighted by Gasteiger charge is -2.22. The van der Waals surface area contributed by atoms with Gasteiger partial charge in [-0.05, 0) is 24.8 Å². The molecule has 1 aromatic heterocycles. The Morgan fingerprint density at radius 2 is 1.76 bits per heavy atom. The van der Waals surface area contributed by atoms with Crippen LogP contribution in [0.1, 0.15) is 24.1 Å². The third kappa shape index (κ3) is 8.99. The van der Waals surface area contributed by atoms with Crippen LogP contribution in [0.2, 0.25) is 0 Å². The summed E-state index contributed by atoms with van der Waals surface area (Å²) in [4.78, 5) is 47.8. The molecule has 3 atom stereocenters. The number of benzene rings is 1. The summed E-state index contributed by atoms with van der Waals surface area (Å²) in [5, 5.41) is 14.6. The van der Waals surface area contributed by atoms with Crippen molar-refractivity contribution < 1.29 is 19.5 Å². The molecule has 1 aromatic carbocycles. The van der Waals surface area contributed by atoms with E-state index in [2.05, 4.69) is 25.6 Å². The van der Waals surface area contributed by atoms with E-state index in [-0.39, 0.29) is 31.8 Å². The number of carbonyl (C=O) groups excluding carboxylic acids is 2. The van der Waals surface area contributed by atoms with Crippen molar-refractivity contribution in [2.24, 2.45) is 22.2 Å². The highest BCUT2D eigenvalue weighted by atomic mass is 16.4. The molecule has 0 aliphatic heterocycles. The van der Waals surface area contributed by atoms with Gasteiger partial charge in [0.15, 0.2) is 5.96 Å². The van der Waals surface area contributed by atoms with Crippen molar-refractivity contribution in [1.29, 1.82) is 0 Å². The average Bonchev–Trinajstić information content (AvgIpc) is 3.28. The number of carboxylic acids is 1. The van der Waals surface area contributed by atoms with Gasteiger partial charge in [-0.3, -0.25) is 14.6 Å². The number of H-pyrrole nitrogens is 1. The fraction of sp³-hybridized carbons (Fsp3) is 0.381. The van der Waals surface area contributed by atoms with E-state index in [1.54, 1.807) is 0 Å². The van der Waals surface area contributed by atoms with Gasteiger partial charge in [0.2, 0.25) is 11.8 Å². The molecular formula is C21H30N8O4. The number of nitrogens with one attached hydrogen (secondary N) is 3. The van der Waals surface area contributed by atoms with Crippen molar-refractivity contribution in [1.82, 2.24) is 20.6 Å². The van der Waals surface area contributed by atoms with Gasteiger partial charge in [0.25, 0.3) is 0 Å². The molecule has 0 saturated carbocycles. The van der Waals surface area contributed by atoms with E-state index in [0.29, 0.717) is 12.1 Å². The van der Waals surface area contributed by atoms with Gasteiger partial charge in [-0.25, -0.2) is 9.78 Å². The zero-order valence-corrected chi connectivity index (χ0v) is 18.1. The van der Waals surface area contributed by atoms with Crippen molar-refractivity contribution >= 4 is 23.7 Å². The number of nitrogens with zero attached hydrogens (tertiary/aromatic N) is 2. The number of aliphatic carboxylic acids is 1. The number of aliphatic imine (C=N–C) groups is 1. The van der Waals surface area contributed by atoms with Crippen molar-refractivity contribution in [2.75, 3.05) is 6.54 Å². The van der Waals surface area contributed by atoms with E-state index in [0.717, 1.165) is 5.56 Å². The minimum Gasteiger partial charge on any atom is -0.480 e. The molecule has 2 rings (SSSR count). The first kappa shape index (κ1) is 25.3. The Morgan fingerprint density at radius 3 is 2.36 bits per heavy atom. The van der Waals surface area contributed by atoms with Crippen LogP contribution in [-0.2, 0) is 27.2 Å². The van der Waals surface area contributed by atoms with Crippen molar-refractivity contribution in [3.63, 3.8) is 0 Å². The Hall–Kier alpha value is -3.93. The Labute approximate surface area is 191 Å². The fourth-order valence-electron chi connectivity index (χ4n) is 3.10. The molecule has 0 aliphatic carbocycles. The molecule has 12 nitrogen and oxygen atoms in total. The summed E-state index contributed by atoms with van der Waals surface area (Å²) in [6, 6.07) is 6.12. The first-order valence-electron chi connectivity index (χ1n) is 10.4. The molecule has 0 unspecified atom stereocenters. The van der Waals surface area contributed by atoms with Gasteiger partial charge in [0, 0.05) is 24.9 Å². The highest BCUT2D eigenvalue weighted by molar-refractivity contribution is 5.92. The van der Waals surface area contributed by atoms with E-state index in [1.807, 2.05) is 30.3 Å². The SMILES string of the molecule is NC(N)=NCCC[C@H](NC(=O)[C@H](Cc1cnc[nH]1)NC(=O)[C@@H](N)Cc1ccccc1)C(=O)O. The monoisotopic (exact) mass is 458 g/mol. The van der Waals surface area contributed by atoms with Crippen LogP contribution < -0.4 is 27.8 Å². The van der Waals surface area contributed by atoms with Crippen LogP contribution in [0.15, 0.2) is 47.8 Å². The molecule has 33 heavy (non-hydrogen) atoms. The second kappa shape index (κ2) is 12.8. The number of rotatable bonds is 13. The Morgan fingerprint density at radius 1 is 1.06 bits per heavy atom. The maximum Gasteiger partial charge on any atom is 0.326 e. The lowest BCUT2D eigenvalue weighted by molar-refractivity contribution is -0.142. The van der Waals surface area contributed by atoms with Crippen molar-refractivity contribution in [3.8, 4) is 0 Å². The zero-order valence-electron chi connectivity index (χ0n) is 18.1. The van der Waals surface area contributed by atoms with Crippen LogP contribution in [0, 0.1) is 0 Å². The Bertz CT molecular complexity index is 929. The van der Waals surface area contributed by atoms with E-state index in [4.69, 9.17) is 17.2 Å². The smallest absolute Gasteiger partial charge is 0.326 e. The number of hydrogen-bond donors (Lipinski definition) is 7. The van der Waals surface area contributed by atoms with Gasteiger partial charge in [0.05, 0.1) is 12.4 Å². The number of guanidine groups is 1. The number of aromatic nitrogens is 2. The van der Waals surface area contributed by atoms with Gasteiger partial charge >= 0.3 is 5.97 Å². The highest BCUT2D eigenvalue weighted by Crippen LogP contribution is 2.06. The first-order chi connectivity index (χ1) is 15.8. The van der Waals surface area contributed by atoms with E-state index < -0.39 is 35.9 Å². The second-order valence-electron chi connectivity index (χ2n) is 7.49. The molecule has 0 saturated heterocycles. The predicted molar refractivity (Wildman–Crippen MR) is 122 cm³/mol. The second-order valence-corrected chi connectivity index (χ2v) is 7.49. The van der Waals surface area contributed by atoms with E-state index in [9.17, 15) is 19.5 Å². The van der Waals surface area contributed by atoms with Gasteiger partial charge in [-0.2, -0.15) is 0 Å². The average molecular weight is 459 g/mol. The molecule has 2 aromatic rings. The molecule has 10 N–H and O–H groups in total. The molecule has 0 radical (unpaired) electrons. The topological polar surface area (TPSA) is 215 Å². The number of amides is 2. The number of aromatic amines is 1. The number of imidazole rings is 1. The molecule has 0 spiro atoms. The quantitative estimate of drug-likeness (QED) is 0.108. The molecule has 0 aliphatic rings. The van der Waals surface area contributed by atoms with Gasteiger partial charge in [-0.15, -0.1) is 0 Å². The molecular weight excluding hydrogens is 428 g/mol. The van der Waals surface area contributed by atoms with Crippen molar-refractivity contribution in [3.05, 3.63) is 54.1 Å². The fourth-order valence-corrected chi connectivity index (χ4v) is 3.10. The number of carbonyl (C=O) groups is 3. The standard InChI is InChI=1S/C21H30N8O4/c22-15(9-13-5-2-1-3-6-13)18(30)29-17(10-14-11-25-12-27-14)19(31)28-16(20(32)33)7-4-8-26-21(23)24/h1-3,5-6,11-12,15-17H,4,7-10,22H2,(H,25,27)(H,28,31)(H,29,30)(H,32,33)(H4,23,24,26)/t15-,16-,17-/m0/s1. The first-order valence-corrected chi connectivity index (χ1v) is 10.4. The number of carboxylic acid groups (broad SMARTS) is 1. The maximum atomic E-state index is 12.9. The van der Waals surface area contributed by atoms with Crippen molar-refractivity contribution in [2.45, 2.75) is 43.8 Å². The molecule has 12 heteroatoms. The summed E-state index contributed by atoms with van der Waals surface area (Å²) in [5.41, 5.74) is 18.0. The minimum absolute atomic E-state index is 0.0793. The summed E-state index contributed by atoms with van der Waals surface area (Å²) in [6.07, 6.45) is 3.77. The van der Waals surface area contributed by atoms with Crippen LogP contribution in [0.5, 0.6) is 0 Å². The third-order valence-corrected chi connectivity index (χ3v) is 4.81. The van der Waals surface area contributed by atoms with Crippen LogP contribution >= 0.6 is 0 Å². The van der Waals surface area contributed by atoms with Gasteiger partial charge in [-0.1, -0.05) is 30.3 Å². The third-order valence-electron chi connectivity index (χ3n) is 4.81. The van der Waals surface area contributed by atoms with Crippen LogP contribution in [0.4, 0.5) is 0 Å².